The molecule has 0 bridgehead atoms. The number of rotatable bonds is 7. The number of hydrogen-bond acceptors (Lipinski definition) is 5. The van der Waals surface area contributed by atoms with Gasteiger partial charge < -0.3 is 15.2 Å². The molecular formula is C16H24N6O. The van der Waals surface area contributed by atoms with E-state index in [-0.39, 0.29) is 0 Å². The van der Waals surface area contributed by atoms with E-state index in [9.17, 15) is 0 Å². The molecule has 23 heavy (non-hydrogen) atoms. The molecule has 0 aliphatic rings. The van der Waals surface area contributed by atoms with Crippen molar-refractivity contribution in [3.05, 3.63) is 30.2 Å². The zero-order chi connectivity index (χ0) is 16.5. The first kappa shape index (κ1) is 16.9. The van der Waals surface area contributed by atoms with Crippen LogP contribution in [0.2, 0.25) is 0 Å². The lowest BCUT2D eigenvalue weighted by molar-refractivity contribution is 0.421. The number of nitrogens with one attached hydrogen (secondary N) is 2. The number of aromatic nitrogens is 3. The molecule has 0 atom stereocenters. The first-order valence-corrected chi connectivity index (χ1v) is 7.87. The fourth-order valence-electron chi connectivity index (χ4n) is 1.94. The molecule has 0 saturated carbocycles. The molecule has 7 heteroatoms. The molecule has 0 aliphatic carbocycles. The smallest absolute Gasteiger partial charge is 0.276 e. The van der Waals surface area contributed by atoms with E-state index < -0.39 is 0 Å². The van der Waals surface area contributed by atoms with Gasteiger partial charge in [-0.2, -0.15) is 4.98 Å². The van der Waals surface area contributed by atoms with Crippen molar-refractivity contribution in [2.24, 2.45) is 10.9 Å². The Kier molecular flexibility index (Phi) is 6.53. The lowest BCUT2D eigenvalue weighted by Crippen LogP contribution is -2.39. The number of guanidine groups is 1. The molecule has 2 heterocycles. The van der Waals surface area contributed by atoms with E-state index in [2.05, 4.69) is 44.6 Å². The molecule has 2 rings (SSSR count). The maximum absolute atomic E-state index is 5.23. The van der Waals surface area contributed by atoms with E-state index in [4.69, 9.17) is 4.52 Å². The van der Waals surface area contributed by atoms with E-state index in [1.807, 2.05) is 18.2 Å². The third kappa shape index (κ3) is 5.69. The predicted octanol–water partition coefficient (Wildman–Crippen LogP) is 1.89. The molecule has 0 amide bonds. The lowest BCUT2D eigenvalue weighted by Gasteiger charge is -2.12. The van der Waals surface area contributed by atoms with E-state index in [0.717, 1.165) is 18.9 Å². The SMILES string of the molecule is CN=C(NCCc1noc(-c2ccccn2)n1)NCCC(C)C. The van der Waals surface area contributed by atoms with Gasteiger partial charge in [0.05, 0.1) is 0 Å². The van der Waals surface area contributed by atoms with E-state index >= 15 is 0 Å². The molecule has 0 aromatic carbocycles. The molecular weight excluding hydrogens is 292 g/mol. The van der Waals surface area contributed by atoms with Crippen molar-refractivity contribution in [1.29, 1.82) is 0 Å². The molecule has 7 nitrogen and oxygen atoms in total. The van der Waals surface area contributed by atoms with Gasteiger partial charge in [-0.25, -0.2) is 0 Å². The molecule has 0 spiro atoms. The Balaban J connectivity index is 1.77. The van der Waals surface area contributed by atoms with Crippen LogP contribution in [-0.4, -0.2) is 41.2 Å². The minimum atomic E-state index is 0.444. The zero-order valence-corrected chi connectivity index (χ0v) is 13.9. The van der Waals surface area contributed by atoms with Crippen LogP contribution in [-0.2, 0) is 6.42 Å². The largest absolute Gasteiger partial charge is 0.356 e. The second-order valence-corrected chi connectivity index (χ2v) is 5.59. The van der Waals surface area contributed by atoms with Crippen LogP contribution in [0.3, 0.4) is 0 Å². The highest BCUT2D eigenvalue weighted by Crippen LogP contribution is 2.12. The Morgan fingerprint density at radius 3 is 2.78 bits per heavy atom. The monoisotopic (exact) mass is 316 g/mol. The van der Waals surface area contributed by atoms with Crippen LogP contribution in [0.15, 0.2) is 33.9 Å². The average Bonchev–Trinajstić information content (AvgIpc) is 3.03. The van der Waals surface area contributed by atoms with Gasteiger partial charge in [-0.15, -0.1) is 0 Å². The van der Waals surface area contributed by atoms with Gasteiger partial charge in [-0.3, -0.25) is 9.98 Å². The fourth-order valence-corrected chi connectivity index (χ4v) is 1.94. The maximum Gasteiger partial charge on any atom is 0.276 e. The lowest BCUT2D eigenvalue weighted by atomic mass is 10.1. The third-order valence-corrected chi connectivity index (χ3v) is 3.23. The number of pyridine rings is 1. The van der Waals surface area contributed by atoms with Gasteiger partial charge in [0, 0.05) is 32.8 Å². The number of nitrogens with zero attached hydrogens (tertiary/aromatic N) is 4. The van der Waals surface area contributed by atoms with Crippen LogP contribution in [0, 0.1) is 5.92 Å². The third-order valence-electron chi connectivity index (χ3n) is 3.23. The summed E-state index contributed by atoms with van der Waals surface area (Å²) < 4.78 is 5.23. The van der Waals surface area contributed by atoms with Crippen LogP contribution in [0.1, 0.15) is 26.1 Å². The van der Waals surface area contributed by atoms with Crippen molar-refractivity contribution in [2.75, 3.05) is 20.1 Å². The molecule has 0 saturated heterocycles. The molecule has 124 valence electrons. The van der Waals surface area contributed by atoms with Crippen LogP contribution in [0.25, 0.3) is 11.6 Å². The molecule has 2 aromatic heterocycles. The van der Waals surface area contributed by atoms with Crippen molar-refractivity contribution in [3.63, 3.8) is 0 Å². The highest BCUT2D eigenvalue weighted by atomic mass is 16.5. The molecule has 0 radical (unpaired) electrons. The maximum atomic E-state index is 5.23. The predicted molar refractivity (Wildman–Crippen MR) is 90.1 cm³/mol. The minimum Gasteiger partial charge on any atom is -0.356 e. The second-order valence-electron chi connectivity index (χ2n) is 5.59. The van der Waals surface area contributed by atoms with Crippen LogP contribution < -0.4 is 10.6 Å². The first-order valence-electron chi connectivity index (χ1n) is 7.87. The van der Waals surface area contributed by atoms with E-state index in [1.54, 1.807) is 13.2 Å². The quantitative estimate of drug-likeness (QED) is 0.599. The van der Waals surface area contributed by atoms with Gasteiger partial charge in [0.1, 0.15) is 5.69 Å². The normalized spacial score (nSPS) is 11.7. The summed E-state index contributed by atoms with van der Waals surface area (Å²) in [4.78, 5) is 12.7. The molecule has 0 aliphatic heterocycles. The molecule has 2 aromatic rings. The Labute approximate surface area is 136 Å². The summed E-state index contributed by atoms with van der Waals surface area (Å²) in [5.41, 5.74) is 0.686. The van der Waals surface area contributed by atoms with Crippen molar-refractivity contribution in [3.8, 4) is 11.6 Å². The summed E-state index contributed by atoms with van der Waals surface area (Å²) >= 11 is 0. The Hall–Kier alpha value is -2.44. The Morgan fingerprint density at radius 2 is 2.09 bits per heavy atom. The van der Waals surface area contributed by atoms with Gasteiger partial charge in [0.15, 0.2) is 11.8 Å². The van der Waals surface area contributed by atoms with Crippen molar-refractivity contribution < 1.29 is 4.52 Å². The summed E-state index contributed by atoms with van der Waals surface area (Å²) in [6.07, 6.45) is 3.47. The fraction of sp³-hybridized carbons (Fsp3) is 0.500. The van der Waals surface area contributed by atoms with Crippen molar-refractivity contribution in [2.45, 2.75) is 26.7 Å². The summed E-state index contributed by atoms with van der Waals surface area (Å²) in [6.45, 7) is 5.99. The molecule has 0 unspecified atom stereocenters. The van der Waals surface area contributed by atoms with Crippen molar-refractivity contribution >= 4 is 5.96 Å². The van der Waals surface area contributed by atoms with E-state index in [1.165, 1.54) is 0 Å². The summed E-state index contributed by atoms with van der Waals surface area (Å²) in [7, 11) is 1.76. The topological polar surface area (TPSA) is 88.2 Å². The summed E-state index contributed by atoms with van der Waals surface area (Å²) in [5, 5.41) is 10.5. The molecule has 2 N–H and O–H groups in total. The summed E-state index contributed by atoms with van der Waals surface area (Å²) in [5.74, 6) is 2.56. The van der Waals surface area contributed by atoms with Crippen molar-refractivity contribution in [1.82, 2.24) is 25.8 Å². The number of hydrogen-bond donors (Lipinski definition) is 2. The van der Waals surface area contributed by atoms with Gasteiger partial charge in [-0.05, 0) is 24.5 Å². The average molecular weight is 316 g/mol. The van der Waals surface area contributed by atoms with Gasteiger partial charge in [0.2, 0.25) is 0 Å². The highest BCUT2D eigenvalue weighted by Gasteiger charge is 2.09. The zero-order valence-electron chi connectivity index (χ0n) is 13.9. The Bertz CT molecular complexity index is 608. The summed E-state index contributed by atoms with van der Waals surface area (Å²) in [6, 6.07) is 5.58. The van der Waals surface area contributed by atoms with Crippen LogP contribution in [0.4, 0.5) is 0 Å². The standard InChI is InChI=1S/C16H24N6O/c1-12(2)7-10-19-16(17-3)20-11-8-14-21-15(23-22-14)13-6-4-5-9-18-13/h4-6,9,12H,7-8,10-11H2,1-3H3,(H2,17,19,20). The minimum absolute atomic E-state index is 0.444. The van der Waals surface area contributed by atoms with Crippen LogP contribution >= 0.6 is 0 Å². The first-order chi connectivity index (χ1) is 11.2. The Morgan fingerprint density at radius 1 is 1.26 bits per heavy atom. The highest BCUT2D eigenvalue weighted by molar-refractivity contribution is 5.79. The van der Waals surface area contributed by atoms with Gasteiger partial charge in [-0.1, -0.05) is 25.1 Å². The number of aliphatic imine (C=N–C) groups is 1. The van der Waals surface area contributed by atoms with Crippen LogP contribution in [0.5, 0.6) is 0 Å². The van der Waals surface area contributed by atoms with Gasteiger partial charge >= 0.3 is 0 Å². The van der Waals surface area contributed by atoms with Gasteiger partial charge in [0.25, 0.3) is 5.89 Å². The second kappa shape index (κ2) is 8.87. The van der Waals surface area contributed by atoms with E-state index in [0.29, 0.717) is 36.3 Å². The molecule has 0 fully saturated rings.